The molecule has 4 rings (SSSR count). The van der Waals surface area contributed by atoms with Gasteiger partial charge in [0.2, 0.25) is 5.95 Å². The summed E-state index contributed by atoms with van der Waals surface area (Å²) in [5.74, 6) is 2.31. The van der Waals surface area contributed by atoms with Gasteiger partial charge in [-0.2, -0.15) is 4.98 Å². The summed E-state index contributed by atoms with van der Waals surface area (Å²) in [6, 6.07) is 16.8. The van der Waals surface area contributed by atoms with Gasteiger partial charge in [0, 0.05) is 34.6 Å². The van der Waals surface area contributed by atoms with E-state index < -0.39 is 10.7 Å². The third kappa shape index (κ3) is 4.82. The van der Waals surface area contributed by atoms with E-state index in [1.165, 1.54) is 5.56 Å². The fourth-order valence-corrected chi connectivity index (χ4v) is 4.72. The van der Waals surface area contributed by atoms with E-state index >= 15 is 0 Å². The standard InChI is InChI=1S/C23H27N5S/c1-2-6-17-9-11-18(12-10-17)21-16-26-23-27-19-7-5-8-20(15-19)29(24)14-4-3-13-25-22(21)28-23/h5,7-12,15-16,24H,2-4,6,13-14H2,1H3,(H2,25,26,27,28). The van der Waals surface area contributed by atoms with Crippen molar-refractivity contribution < 1.29 is 0 Å². The zero-order chi connectivity index (χ0) is 20.1. The van der Waals surface area contributed by atoms with E-state index in [4.69, 9.17) is 9.76 Å². The van der Waals surface area contributed by atoms with Crippen LogP contribution in [-0.4, -0.2) is 22.3 Å². The molecule has 1 atom stereocenters. The molecule has 3 N–H and O–H groups in total. The number of nitrogens with zero attached hydrogens (tertiary/aromatic N) is 2. The molecule has 2 aromatic carbocycles. The topological polar surface area (TPSA) is 73.7 Å². The van der Waals surface area contributed by atoms with Crippen LogP contribution in [-0.2, 0) is 17.1 Å². The molecule has 0 spiro atoms. The van der Waals surface area contributed by atoms with Crippen LogP contribution in [0.1, 0.15) is 31.7 Å². The molecule has 6 heteroatoms. The number of aromatic nitrogens is 2. The predicted molar refractivity (Wildman–Crippen MR) is 122 cm³/mol. The molecule has 150 valence electrons. The predicted octanol–water partition coefficient (Wildman–Crippen LogP) is 5.78. The Bertz CT molecular complexity index is 1000. The largest absolute Gasteiger partial charge is 0.369 e. The first kappa shape index (κ1) is 19.6. The number of rotatable bonds is 3. The Hall–Kier alpha value is -2.73. The molecule has 0 aliphatic carbocycles. The summed E-state index contributed by atoms with van der Waals surface area (Å²) in [6.07, 6.45) is 6.18. The molecular weight excluding hydrogens is 378 g/mol. The number of anilines is 3. The van der Waals surface area contributed by atoms with Crippen LogP contribution in [0.3, 0.4) is 0 Å². The minimum atomic E-state index is -0.486. The number of benzene rings is 2. The van der Waals surface area contributed by atoms with Gasteiger partial charge in [0.05, 0.1) is 0 Å². The molecule has 2 heterocycles. The minimum Gasteiger partial charge on any atom is -0.369 e. The summed E-state index contributed by atoms with van der Waals surface area (Å²) in [6.45, 7) is 3.04. The first-order chi connectivity index (χ1) is 14.2. The van der Waals surface area contributed by atoms with E-state index in [1.807, 2.05) is 30.5 Å². The molecule has 0 saturated carbocycles. The highest BCUT2D eigenvalue weighted by molar-refractivity contribution is 7.86. The molecule has 3 aromatic rings. The Labute approximate surface area is 174 Å². The zero-order valence-electron chi connectivity index (χ0n) is 16.7. The number of hydrogen-bond acceptors (Lipinski definition) is 5. The number of aryl methyl sites for hydroxylation is 1. The minimum absolute atomic E-state index is 0.486. The SMILES string of the molecule is CCCc1ccc(-c2cnc3nc2NCCCCS(=N)c2cccc(c2)N3)cc1. The van der Waals surface area contributed by atoms with Crippen molar-refractivity contribution in [3.05, 3.63) is 60.3 Å². The smallest absolute Gasteiger partial charge is 0.229 e. The number of nitrogens with one attached hydrogen (secondary N) is 3. The van der Waals surface area contributed by atoms with E-state index in [1.54, 1.807) is 0 Å². The van der Waals surface area contributed by atoms with Crippen molar-refractivity contribution >= 4 is 28.1 Å². The van der Waals surface area contributed by atoms with Gasteiger partial charge < -0.3 is 10.6 Å². The lowest BCUT2D eigenvalue weighted by Gasteiger charge is -2.13. The maximum absolute atomic E-state index is 8.44. The molecule has 1 unspecified atom stereocenters. The van der Waals surface area contributed by atoms with Gasteiger partial charge >= 0.3 is 0 Å². The third-order valence-corrected chi connectivity index (χ3v) is 6.55. The van der Waals surface area contributed by atoms with Crippen LogP contribution in [0.15, 0.2) is 59.6 Å². The van der Waals surface area contributed by atoms with Crippen LogP contribution in [0.5, 0.6) is 0 Å². The lowest BCUT2D eigenvalue weighted by Crippen LogP contribution is -2.08. The Balaban J connectivity index is 1.67. The maximum atomic E-state index is 8.44. The fourth-order valence-electron chi connectivity index (χ4n) is 3.48. The van der Waals surface area contributed by atoms with E-state index in [-0.39, 0.29) is 0 Å². The van der Waals surface area contributed by atoms with E-state index in [0.29, 0.717) is 5.95 Å². The monoisotopic (exact) mass is 405 g/mol. The summed E-state index contributed by atoms with van der Waals surface area (Å²) >= 11 is 0. The van der Waals surface area contributed by atoms with Crippen molar-refractivity contribution in [3.63, 3.8) is 0 Å². The van der Waals surface area contributed by atoms with Crippen LogP contribution in [0, 0.1) is 4.78 Å². The van der Waals surface area contributed by atoms with Crippen LogP contribution in [0.25, 0.3) is 11.1 Å². The highest BCUT2D eigenvalue weighted by Crippen LogP contribution is 2.28. The molecule has 0 radical (unpaired) electrons. The second-order valence-electron chi connectivity index (χ2n) is 7.28. The molecule has 0 saturated heterocycles. The summed E-state index contributed by atoms with van der Waals surface area (Å²) in [5.41, 5.74) is 4.42. The van der Waals surface area contributed by atoms with Crippen molar-refractivity contribution in [2.24, 2.45) is 0 Å². The number of fused-ring (bicyclic) bond motifs is 4. The Kier molecular flexibility index (Phi) is 6.20. The maximum Gasteiger partial charge on any atom is 0.229 e. The van der Waals surface area contributed by atoms with Gasteiger partial charge in [-0.25, -0.2) is 4.98 Å². The Morgan fingerprint density at radius 3 is 2.79 bits per heavy atom. The van der Waals surface area contributed by atoms with Gasteiger partial charge in [-0.3, -0.25) is 4.78 Å². The molecule has 5 nitrogen and oxygen atoms in total. The van der Waals surface area contributed by atoms with Crippen LogP contribution < -0.4 is 10.6 Å². The average molecular weight is 406 g/mol. The fraction of sp³-hybridized carbons (Fsp3) is 0.304. The summed E-state index contributed by atoms with van der Waals surface area (Å²) in [7, 11) is -0.486. The van der Waals surface area contributed by atoms with Gasteiger partial charge in [0.1, 0.15) is 5.82 Å². The molecule has 1 aliphatic rings. The molecule has 0 fully saturated rings. The van der Waals surface area contributed by atoms with Crippen molar-refractivity contribution in [3.8, 4) is 11.1 Å². The highest BCUT2D eigenvalue weighted by Gasteiger charge is 2.11. The molecule has 0 amide bonds. The van der Waals surface area contributed by atoms with Crippen molar-refractivity contribution in [1.29, 1.82) is 4.78 Å². The third-order valence-electron chi connectivity index (χ3n) is 5.03. The van der Waals surface area contributed by atoms with E-state index in [2.05, 4.69) is 46.8 Å². The van der Waals surface area contributed by atoms with E-state index in [0.717, 1.165) is 65.5 Å². The lowest BCUT2D eigenvalue weighted by atomic mass is 10.0. The Morgan fingerprint density at radius 2 is 1.97 bits per heavy atom. The van der Waals surface area contributed by atoms with Gasteiger partial charge in [-0.1, -0.05) is 54.4 Å². The molecule has 1 aliphatic heterocycles. The molecule has 1 aromatic heterocycles. The van der Waals surface area contributed by atoms with Crippen LogP contribution in [0.4, 0.5) is 17.5 Å². The summed E-state index contributed by atoms with van der Waals surface area (Å²) in [5, 5.41) is 6.81. The second-order valence-corrected chi connectivity index (χ2v) is 8.95. The van der Waals surface area contributed by atoms with Crippen LogP contribution in [0.2, 0.25) is 0 Å². The van der Waals surface area contributed by atoms with Gasteiger partial charge in [-0.05, 0) is 48.6 Å². The van der Waals surface area contributed by atoms with Crippen molar-refractivity contribution in [1.82, 2.24) is 9.97 Å². The first-order valence-corrected chi connectivity index (χ1v) is 11.6. The van der Waals surface area contributed by atoms with Crippen molar-refractivity contribution in [2.45, 2.75) is 37.5 Å². The molecule has 4 bridgehead atoms. The summed E-state index contributed by atoms with van der Waals surface area (Å²) < 4.78 is 8.44. The highest BCUT2D eigenvalue weighted by atomic mass is 32.2. The quantitative estimate of drug-likeness (QED) is 0.516. The average Bonchev–Trinajstić information content (AvgIpc) is 2.75. The van der Waals surface area contributed by atoms with Gasteiger partial charge in [0.15, 0.2) is 0 Å². The van der Waals surface area contributed by atoms with Crippen molar-refractivity contribution in [2.75, 3.05) is 22.9 Å². The lowest BCUT2D eigenvalue weighted by molar-refractivity contribution is 0.837. The Morgan fingerprint density at radius 1 is 1.10 bits per heavy atom. The zero-order valence-corrected chi connectivity index (χ0v) is 17.6. The molecule has 29 heavy (non-hydrogen) atoms. The second kappa shape index (κ2) is 9.18. The van der Waals surface area contributed by atoms with Gasteiger partial charge in [-0.15, -0.1) is 0 Å². The van der Waals surface area contributed by atoms with Gasteiger partial charge in [0.25, 0.3) is 0 Å². The van der Waals surface area contributed by atoms with Crippen LogP contribution >= 0.6 is 0 Å². The first-order valence-electron chi connectivity index (χ1n) is 10.2. The molecular formula is C23H27N5S. The van der Waals surface area contributed by atoms with E-state index in [9.17, 15) is 0 Å². The normalized spacial score (nSPS) is 16.5. The number of hydrogen-bond donors (Lipinski definition) is 3. The summed E-state index contributed by atoms with van der Waals surface area (Å²) in [4.78, 5) is 10.4.